The molecular formula is C17H33IN4O3S2. The van der Waals surface area contributed by atoms with Gasteiger partial charge in [0.15, 0.2) is 5.96 Å². The Morgan fingerprint density at radius 1 is 1.22 bits per heavy atom. The molecule has 2 N–H and O–H groups in total. The van der Waals surface area contributed by atoms with Crippen LogP contribution in [0.25, 0.3) is 0 Å². The molecule has 158 valence electrons. The van der Waals surface area contributed by atoms with E-state index in [0.29, 0.717) is 37.0 Å². The van der Waals surface area contributed by atoms with E-state index in [1.807, 2.05) is 26.8 Å². The van der Waals surface area contributed by atoms with Crippen LogP contribution in [0.15, 0.2) is 21.3 Å². The zero-order valence-corrected chi connectivity index (χ0v) is 20.6. The molecule has 0 radical (unpaired) electrons. The van der Waals surface area contributed by atoms with Crippen LogP contribution in [0.2, 0.25) is 0 Å². The van der Waals surface area contributed by atoms with E-state index < -0.39 is 10.0 Å². The van der Waals surface area contributed by atoms with Crippen molar-refractivity contribution in [2.45, 2.75) is 37.8 Å². The molecule has 1 heterocycles. The summed E-state index contributed by atoms with van der Waals surface area (Å²) in [7, 11) is -1.68. The number of aliphatic imine (C=N–C) groups is 1. The summed E-state index contributed by atoms with van der Waals surface area (Å²) < 4.78 is 32.0. The van der Waals surface area contributed by atoms with Gasteiger partial charge in [-0.05, 0) is 31.9 Å². The van der Waals surface area contributed by atoms with Crippen LogP contribution >= 0.6 is 35.3 Å². The number of hydrogen-bond donors (Lipinski definition) is 2. The van der Waals surface area contributed by atoms with Crippen molar-refractivity contribution in [1.82, 2.24) is 14.9 Å². The number of ether oxygens (including phenoxy) is 1. The van der Waals surface area contributed by atoms with Crippen LogP contribution in [-0.2, 0) is 21.2 Å². The summed E-state index contributed by atoms with van der Waals surface area (Å²) in [5.74, 6) is 0.774. The average molecular weight is 533 g/mol. The maximum Gasteiger partial charge on any atom is 0.252 e. The number of rotatable bonds is 12. The second-order valence-corrected chi connectivity index (χ2v) is 8.93. The highest BCUT2D eigenvalue weighted by molar-refractivity contribution is 14.0. The SMILES string of the molecule is CCNC(=NCCCOC)NCCc1ccc(S(=O)(=O)N(CC)CC)s1.I. The third-order valence-corrected chi connectivity index (χ3v) is 7.38. The molecule has 1 aromatic heterocycles. The molecule has 0 aromatic carbocycles. The van der Waals surface area contributed by atoms with Crippen molar-refractivity contribution < 1.29 is 13.2 Å². The maximum atomic E-state index is 12.5. The number of methoxy groups -OCH3 is 1. The monoisotopic (exact) mass is 532 g/mol. The zero-order valence-electron chi connectivity index (χ0n) is 16.7. The Labute approximate surface area is 185 Å². The minimum atomic E-state index is -3.36. The lowest BCUT2D eigenvalue weighted by Gasteiger charge is -2.16. The van der Waals surface area contributed by atoms with Crippen LogP contribution < -0.4 is 10.6 Å². The van der Waals surface area contributed by atoms with E-state index in [9.17, 15) is 8.42 Å². The molecule has 0 atom stereocenters. The summed E-state index contributed by atoms with van der Waals surface area (Å²) in [6.07, 6.45) is 1.63. The summed E-state index contributed by atoms with van der Waals surface area (Å²) >= 11 is 1.34. The highest BCUT2D eigenvalue weighted by Crippen LogP contribution is 2.25. The predicted octanol–water partition coefficient (Wildman–Crippen LogP) is 2.53. The largest absolute Gasteiger partial charge is 0.385 e. The van der Waals surface area contributed by atoms with Gasteiger partial charge in [0, 0.05) is 51.3 Å². The van der Waals surface area contributed by atoms with Crippen molar-refractivity contribution >= 4 is 51.3 Å². The van der Waals surface area contributed by atoms with Crippen LogP contribution in [0.4, 0.5) is 0 Å². The normalized spacial score (nSPS) is 12.1. The molecule has 1 aromatic rings. The minimum absolute atomic E-state index is 0. The van der Waals surface area contributed by atoms with E-state index in [0.717, 1.165) is 30.2 Å². The Bertz CT molecular complexity index is 646. The fourth-order valence-electron chi connectivity index (χ4n) is 2.37. The first-order valence-electron chi connectivity index (χ1n) is 9.09. The number of thiophene rings is 1. The quantitative estimate of drug-likeness (QED) is 0.187. The summed E-state index contributed by atoms with van der Waals surface area (Å²) in [5, 5.41) is 6.49. The Balaban J connectivity index is 0.00000676. The van der Waals surface area contributed by atoms with Crippen LogP contribution in [0.3, 0.4) is 0 Å². The van der Waals surface area contributed by atoms with Gasteiger partial charge in [0.1, 0.15) is 4.21 Å². The third-order valence-electron chi connectivity index (χ3n) is 3.72. The van der Waals surface area contributed by atoms with Crippen LogP contribution in [0, 0.1) is 0 Å². The summed E-state index contributed by atoms with van der Waals surface area (Å²) in [6, 6.07) is 3.60. The molecule has 1 rings (SSSR count). The predicted molar refractivity (Wildman–Crippen MR) is 124 cm³/mol. The first kappa shape index (κ1) is 26.6. The lowest BCUT2D eigenvalue weighted by atomic mass is 10.3. The zero-order chi connectivity index (χ0) is 19.4. The first-order valence-corrected chi connectivity index (χ1v) is 11.3. The number of nitrogens with one attached hydrogen (secondary N) is 2. The van der Waals surface area contributed by atoms with Crippen molar-refractivity contribution in [3.8, 4) is 0 Å². The number of sulfonamides is 1. The molecule has 7 nitrogen and oxygen atoms in total. The van der Waals surface area contributed by atoms with E-state index in [2.05, 4.69) is 15.6 Å². The van der Waals surface area contributed by atoms with Crippen molar-refractivity contribution in [2.75, 3.05) is 46.4 Å². The van der Waals surface area contributed by atoms with E-state index in [1.54, 1.807) is 13.2 Å². The van der Waals surface area contributed by atoms with E-state index >= 15 is 0 Å². The Hall–Kier alpha value is -0.430. The number of halogens is 1. The van der Waals surface area contributed by atoms with E-state index in [4.69, 9.17) is 4.74 Å². The lowest BCUT2D eigenvalue weighted by Crippen LogP contribution is -2.38. The average Bonchev–Trinajstić information content (AvgIpc) is 3.09. The van der Waals surface area contributed by atoms with E-state index in [-0.39, 0.29) is 24.0 Å². The van der Waals surface area contributed by atoms with Gasteiger partial charge in [0.25, 0.3) is 10.0 Å². The van der Waals surface area contributed by atoms with Gasteiger partial charge >= 0.3 is 0 Å². The first-order chi connectivity index (χ1) is 12.5. The third kappa shape index (κ3) is 9.07. The molecule has 0 saturated heterocycles. The lowest BCUT2D eigenvalue weighted by molar-refractivity contribution is 0.197. The minimum Gasteiger partial charge on any atom is -0.385 e. The summed E-state index contributed by atoms with van der Waals surface area (Å²) in [4.78, 5) is 5.53. The second-order valence-electron chi connectivity index (χ2n) is 5.59. The molecule has 27 heavy (non-hydrogen) atoms. The van der Waals surface area contributed by atoms with Gasteiger partial charge in [0.05, 0.1) is 0 Å². The summed E-state index contributed by atoms with van der Waals surface area (Å²) in [5.41, 5.74) is 0. The highest BCUT2D eigenvalue weighted by Gasteiger charge is 2.23. The molecule has 0 fully saturated rings. The number of hydrogen-bond acceptors (Lipinski definition) is 5. The van der Waals surface area contributed by atoms with Gasteiger partial charge in [0.2, 0.25) is 0 Å². The van der Waals surface area contributed by atoms with Crippen molar-refractivity contribution in [1.29, 1.82) is 0 Å². The Morgan fingerprint density at radius 2 is 1.93 bits per heavy atom. The molecule has 10 heteroatoms. The van der Waals surface area contributed by atoms with Gasteiger partial charge in [-0.15, -0.1) is 35.3 Å². The molecule has 0 saturated carbocycles. The molecule has 0 unspecified atom stereocenters. The van der Waals surface area contributed by atoms with Gasteiger partial charge in [-0.2, -0.15) is 4.31 Å². The van der Waals surface area contributed by atoms with Gasteiger partial charge in [-0.25, -0.2) is 8.42 Å². The fraction of sp³-hybridized carbons (Fsp3) is 0.706. The molecule has 0 aliphatic heterocycles. The molecule has 0 bridgehead atoms. The smallest absolute Gasteiger partial charge is 0.252 e. The molecule has 0 amide bonds. The molecule has 0 aliphatic carbocycles. The second kappa shape index (κ2) is 14.6. The van der Waals surface area contributed by atoms with Crippen LogP contribution in [0.5, 0.6) is 0 Å². The molecule has 0 spiro atoms. The Morgan fingerprint density at radius 3 is 2.52 bits per heavy atom. The van der Waals surface area contributed by atoms with Gasteiger partial charge < -0.3 is 15.4 Å². The van der Waals surface area contributed by atoms with Crippen LogP contribution in [-0.4, -0.2) is 65.1 Å². The van der Waals surface area contributed by atoms with E-state index in [1.165, 1.54) is 15.6 Å². The number of guanidine groups is 1. The molecule has 0 aliphatic rings. The summed E-state index contributed by atoms with van der Waals surface area (Å²) in [6.45, 7) is 9.59. The number of nitrogens with zero attached hydrogens (tertiary/aromatic N) is 2. The Kier molecular flexibility index (Phi) is 14.3. The van der Waals surface area contributed by atoms with Crippen LogP contribution in [0.1, 0.15) is 32.1 Å². The highest BCUT2D eigenvalue weighted by atomic mass is 127. The maximum absolute atomic E-state index is 12.5. The topological polar surface area (TPSA) is 83.0 Å². The van der Waals surface area contributed by atoms with Gasteiger partial charge in [-0.1, -0.05) is 13.8 Å². The van der Waals surface area contributed by atoms with Crippen molar-refractivity contribution in [2.24, 2.45) is 4.99 Å². The fourth-order valence-corrected chi connectivity index (χ4v) is 5.34. The molecular weight excluding hydrogens is 499 g/mol. The standard InChI is InChI=1S/C17H32N4O3S2.HI/c1-5-18-17(19-12-8-14-24-4)20-13-11-15-9-10-16(25-15)26(22,23)21(6-2)7-3;/h9-10H,5-8,11-14H2,1-4H3,(H2,18,19,20);1H. The van der Waals surface area contributed by atoms with Crippen molar-refractivity contribution in [3.63, 3.8) is 0 Å². The van der Waals surface area contributed by atoms with Crippen molar-refractivity contribution in [3.05, 3.63) is 17.0 Å². The van der Waals surface area contributed by atoms with Gasteiger partial charge in [-0.3, -0.25) is 4.99 Å².